The topological polar surface area (TPSA) is 85.6 Å². The molecule has 0 aliphatic rings. The van der Waals surface area contributed by atoms with Gasteiger partial charge in [0.05, 0.1) is 21.2 Å². The van der Waals surface area contributed by atoms with E-state index in [9.17, 15) is 14.9 Å². The summed E-state index contributed by atoms with van der Waals surface area (Å²) in [4.78, 5) is 28.6. The van der Waals surface area contributed by atoms with Crippen molar-refractivity contribution in [2.24, 2.45) is 0 Å². The molecule has 1 aromatic heterocycles. The minimum Gasteiger partial charge on any atom is -0.456 e. The number of nitrogens with zero attached hydrogens (tertiary/aromatic N) is 3. The lowest BCUT2D eigenvalue weighted by molar-refractivity contribution is -0.384. The zero-order chi connectivity index (χ0) is 17.0. The number of esters is 1. The van der Waals surface area contributed by atoms with Crippen LogP contribution in [0.5, 0.6) is 0 Å². The molecule has 0 unspecified atom stereocenters. The van der Waals surface area contributed by atoms with E-state index in [2.05, 4.69) is 4.98 Å². The molecule has 2 aromatic rings. The molecule has 0 saturated carbocycles. The molecule has 0 fully saturated rings. The minimum absolute atomic E-state index is 0.0541. The van der Waals surface area contributed by atoms with Crippen LogP contribution in [0.15, 0.2) is 23.6 Å². The molecule has 1 heterocycles. The Morgan fingerprint density at radius 2 is 2.17 bits per heavy atom. The summed E-state index contributed by atoms with van der Waals surface area (Å²) in [5.41, 5.74) is 1.12. The normalized spacial score (nSPS) is 10.4. The van der Waals surface area contributed by atoms with E-state index in [0.29, 0.717) is 11.4 Å². The van der Waals surface area contributed by atoms with Gasteiger partial charge in [0.1, 0.15) is 12.3 Å². The summed E-state index contributed by atoms with van der Waals surface area (Å²) < 4.78 is 5.18. The van der Waals surface area contributed by atoms with E-state index in [1.54, 1.807) is 19.0 Å². The van der Waals surface area contributed by atoms with Gasteiger partial charge >= 0.3 is 5.97 Å². The van der Waals surface area contributed by atoms with E-state index in [-0.39, 0.29) is 17.9 Å². The summed E-state index contributed by atoms with van der Waals surface area (Å²) in [5, 5.41) is 13.9. The first-order valence-corrected chi connectivity index (χ1v) is 7.86. The van der Waals surface area contributed by atoms with Gasteiger partial charge in [0, 0.05) is 25.5 Å². The average Bonchev–Trinajstić information content (AvgIpc) is 2.99. The second-order valence-corrected chi connectivity index (χ2v) is 5.96. The summed E-state index contributed by atoms with van der Waals surface area (Å²) >= 11 is 1.51. The van der Waals surface area contributed by atoms with Crippen LogP contribution >= 0.6 is 11.3 Å². The Balaban J connectivity index is 2.12. The van der Waals surface area contributed by atoms with Gasteiger partial charge < -0.3 is 9.64 Å². The maximum Gasteiger partial charge on any atom is 0.338 e. The highest BCUT2D eigenvalue weighted by molar-refractivity contribution is 7.09. The van der Waals surface area contributed by atoms with Crippen molar-refractivity contribution in [1.82, 2.24) is 4.98 Å². The van der Waals surface area contributed by atoms with Gasteiger partial charge in [-0.05, 0) is 18.6 Å². The standard InChI is InChI=1S/C15H17N3O4S/c1-4-14-16-11(9-23-14)8-22-15(19)10-5-6-12(17(2)3)13(7-10)18(20)21/h5-7,9H,4,8H2,1-3H3. The van der Waals surface area contributed by atoms with Crippen molar-refractivity contribution in [3.05, 3.63) is 50.0 Å². The Hall–Kier alpha value is -2.48. The number of carbonyl (C=O) groups is 1. The number of aryl methyl sites for hydroxylation is 1. The van der Waals surface area contributed by atoms with Crippen LogP contribution in [0.3, 0.4) is 0 Å². The lowest BCUT2D eigenvalue weighted by atomic mass is 10.1. The number of hydrogen-bond acceptors (Lipinski definition) is 7. The largest absolute Gasteiger partial charge is 0.456 e. The molecule has 0 atom stereocenters. The van der Waals surface area contributed by atoms with Gasteiger partial charge in [0.25, 0.3) is 5.69 Å². The smallest absolute Gasteiger partial charge is 0.338 e. The summed E-state index contributed by atoms with van der Waals surface area (Å²) in [7, 11) is 3.40. The quantitative estimate of drug-likeness (QED) is 0.458. The van der Waals surface area contributed by atoms with E-state index in [0.717, 1.165) is 11.4 Å². The van der Waals surface area contributed by atoms with Gasteiger partial charge in [0.2, 0.25) is 0 Å². The number of rotatable bonds is 6. The third kappa shape index (κ3) is 4.04. The highest BCUT2D eigenvalue weighted by atomic mass is 32.1. The Kier molecular flexibility index (Phi) is 5.28. The van der Waals surface area contributed by atoms with Crippen LogP contribution < -0.4 is 4.90 Å². The van der Waals surface area contributed by atoms with E-state index in [4.69, 9.17) is 4.74 Å². The van der Waals surface area contributed by atoms with Gasteiger partial charge in [-0.2, -0.15) is 0 Å². The van der Waals surface area contributed by atoms with Gasteiger partial charge in [-0.15, -0.1) is 11.3 Å². The lowest BCUT2D eigenvalue weighted by Crippen LogP contribution is -2.12. The van der Waals surface area contributed by atoms with Gasteiger partial charge in [-0.1, -0.05) is 6.92 Å². The number of ether oxygens (including phenoxy) is 1. The van der Waals surface area contributed by atoms with E-state index in [1.807, 2.05) is 12.3 Å². The van der Waals surface area contributed by atoms with E-state index in [1.165, 1.54) is 29.5 Å². The van der Waals surface area contributed by atoms with Crippen LogP contribution in [0.2, 0.25) is 0 Å². The number of thiazole rings is 1. The molecule has 0 aliphatic heterocycles. The van der Waals surface area contributed by atoms with Crippen molar-refractivity contribution in [2.75, 3.05) is 19.0 Å². The molecule has 0 radical (unpaired) electrons. The minimum atomic E-state index is -0.607. The second-order valence-electron chi connectivity index (χ2n) is 5.02. The van der Waals surface area contributed by atoms with Crippen molar-refractivity contribution < 1.29 is 14.5 Å². The lowest BCUT2D eigenvalue weighted by Gasteiger charge is -2.13. The molecule has 0 N–H and O–H groups in total. The molecule has 1 aromatic carbocycles. The molecule has 0 amide bonds. The molecule has 23 heavy (non-hydrogen) atoms. The molecule has 8 heteroatoms. The summed E-state index contributed by atoms with van der Waals surface area (Å²) in [6, 6.07) is 4.28. The number of nitro benzene ring substituents is 1. The van der Waals surface area contributed by atoms with Crippen molar-refractivity contribution in [3.63, 3.8) is 0 Å². The van der Waals surface area contributed by atoms with Gasteiger partial charge in [-0.3, -0.25) is 10.1 Å². The van der Waals surface area contributed by atoms with E-state index >= 15 is 0 Å². The summed E-state index contributed by atoms with van der Waals surface area (Å²) in [5.74, 6) is -0.607. The summed E-state index contributed by atoms with van der Waals surface area (Å²) in [6.45, 7) is 2.05. The zero-order valence-corrected chi connectivity index (χ0v) is 13.9. The van der Waals surface area contributed by atoms with Crippen molar-refractivity contribution in [1.29, 1.82) is 0 Å². The predicted octanol–water partition coefficient (Wildman–Crippen LogP) is 3.04. The Labute approximate surface area is 137 Å². The predicted molar refractivity (Wildman–Crippen MR) is 88.0 cm³/mol. The van der Waals surface area contributed by atoms with Crippen LogP contribution in [0.4, 0.5) is 11.4 Å². The SMILES string of the molecule is CCc1nc(COC(=O)c2ccc(N(C)C)c([N+](=O)[O-])c2)cs1. The van der Waals surface area contributed by atoms with Crippen molar-refractivity contribution in [3.8, 4) is 0 Å². The molecule has 0 saturated heterocycles. The number of nitro groups is 1. The highest BCUT2D eigenvalue weighted by Crippen LogP contribution is 2.28. The first-order chi connectivity index (χ1) is 10.9. The van der Waals surface area contributed by atoms with Crippen molar-refractivity contribution >= 4 is 28.7 Å². The first-order valence-electron chi connectivity index (χ1n) is 6.98. The van der Waals surface area contributed by atoms with Crippen LogP contribution in [0.1, 0.15) is 28.0 Å². The van der Waals surface area contributed by atoms with Crippen LogP contribution in [-0.2, 0) is 17.8 Å². The molecule has 0 spiro atoms. The number of aromatic nitrogens is 1. The third-order valence-corrected chi connectivity index (χ3v) is 4.18. The highest BCUT2D eigenvalue weighted by Gasteiger charge is 2.19. The van der Waals surface area contributed by atoms with Gasteiger partial charge in [0.15, 0.2) is 0 Å². The fraction of sp³-hybridized carbons (Fsp3) is 0.333. The maximum atomic E-state index is 12.1. The van der Waals surface area contributed by atoms with Crippen LogP contribution in [-0.4, -0.2) is 30.0 Å². The fourth-order valence-electron chi connectivity index (χ4n) is 1.98. The number of hydrogen-bond donors (Lipinski definition) is 0. The Morgan fingerprint density at radius 3 is 2.74 bits per heavy atom. The molecule has 0 aliphatic carbocycles. The average molecular weight is 335 g/mol. The third-order valence-electron chi connectivity index (χ3n) is 3.14. The number of carbonyl (C=O) groups excluding carboxylic acids is 1. The number of benzene rings is 1. The molecule has 7 nitrogen and oxygen atoms in total. The van der Waals surface area contributed by atoms with Crippen molar-refractivity contribution in [2.45, 2.75) is 20.0 Å². The zero-order valence-electron chi connectivity index (χ0n) is 13.1. The van der Waals surface area contributed by atoms with Gasteiger partial charge in [-0.25, -0.2) is 9.78 Å². The van der Waals surface area contributed by atoms with E-state index < -0.39 is 10.9 Å². The fourth-order valence-corrected chi connectivity index (χ4v) is 2.70. The Morgan fingerprint density at radius 1 is 1.43 bits per heavy atom. The maximum absolute atomic E-state index is 12.1. The first kappa shape index (κ1) is 16.9. The Bertz CT molecular complexity index is 727. The molecular weight excluding hydrogens is 318 g/mol. The molecular formula is C15H17N3O4S. The second kappa shape index (κ2) is 7.19. The van der Waals surface area contributed by atoms with Crippen LogP contribution in [0.25, 0.3) is 0 Å². The monoisotopic (exact) mass is 335 g/mol. The number of anilines is 1. The molecule has 122 valence electrons. The molecule has 2 rings (SSSR count). The van der Waals surface area contributed by atoms with Crippen LogP contribution in [0, 0.1) is 10.1 Å². The summed E-state index contributed by atoms with van der Waals surface area (Å²) in [6.07, 6.45) is 0.830. The molecule has 0 bridgehead atoms.